The van der Waals surface area contributed by atoms with E-state index < -0.39 is 13.5 Å². The summed E-state index contributed by atoms with van der Waals surface area (Å²) >= 11 is 0. The number of fused-ring (bicyclic) bond motifs is 9. The molecule has 0 saturated carbocycles. The topological polar surface area (TPSA) is 12.5 Å². The standard InChI is InChI=1S/C59H41NOSi/c1-4-21-44(22-5-1)60(45-37-35-43(36-38-45)50-28-18-20-42-19-10-11-27-49(42)50)46-39-40-56-54(41-46)59(51-29-12-15-32-55(51)61-56)52-30-13-16-33-57(52)62(47-23-6-2-7-24-47,48-25-8-3-9-26-48)58-34-17-14-31-53(58)59/h1-41H. The van der Waals surface area contributed by atoms with Crippen LogP contribution in [0.4, 0.5) is 17.1 Å². The first-order valence-electron chi connectivity index (χ1n) is 21.4. The first-order valence-corrected chi connectivity index (χ1v) is 23.4. The molecule has 0 unspecified atom stereocenters. The highest BCUT2D eigenvalue weighted by atomic mass is 28.3. The molecule has 2 heterocycles. The second-order valence-corrected chi connectivity index (χ2v) is 20.1. The van der Waals surface area contributed by atoms with E-state index in [1.165, 1.54) is 53.8 Å². The highest BCUT2D eigenvalue weighted by Crippen LogP contribution is 2.57. The number of hydrogen-bond acceptors (Lipinski definition) is 2. The van der Waals surface area contributed by atoms with Gasteiger partial charge in [0, 0.05) is 28.2 Å². The van der Waals surface area contributed by atoms with Crippen molar-refractivity contribution >= 4 is 56.7 Å². The van der Waals surface area contributed by atoms with Gasteiger partial charge in [0.15, 0.2) is 8.07 Å². The molecule has 0 saturated heterocycles. The maximum absolute atomic E-state index is 7.00. The predicted octanol–water partition coefficient (Wildman–Crippen LogP) is 12.2. The molecule has 2 nitrogen and oxygen atoms in total. The lowest BCUT2D eigenvalue weighted by Crippen LogP contribution is -2.79. The van der Waals surface area contributed by atoms with Crippen molar-refractivity contribution in [1.82, 2.24) is 0 Å². The Morgan fingerprint density at radius 3 is 1.53 bits per heavy atom. The minimum Gasteiger partial charge on any atom is -0.457 e. The van der Waals surface area contributed by atoms with E-state index in [2.05, 4.69) is 254 Å². The number of ether oxygens (including phenoxy) is 1. The highest BCUT2D eigenvalue weighted by molar-refractivity contribution is 7.20. The molecular weight excluding hydrogens is 767 g/mol. The molecule has 0 N–H and O–H groups in total. The zero-order chi connectivity index (χ0) is 41.1. The molecule has 0 aliphatic carbocycles. The number of anilines is 3. The van der Waals surface area contributed by atoms with Crippen LogP contribution in [-0.2, 0) is 5.41 Å². The van der Waals surface area contributed by atoms with E-state index in [-0.39, 0.29) is 0 Å². The monoisotopic (exact) mass is 807 g/mol. The molecule has 0 amide bonds. The summed E-state index contributed by atoms with van der Waals surface area (Å²) in [5.74, 6) is 1.75. The molecule has 0 aromatic heterocycles. The minimum absolute atomic E-state index is 0.686. The Morgan fingerprint density at radius 1 is 0.355 bits per heavy atom. The fourth-order valence-corrected chi connectivity index (χ4v) is 16.1. The van der Waals surface area contributed by atoms with Crippen molar-refractivity contribution in [2.24, 2.45) is 0 Å². The van der Waals surface area contributed by atoms with Crippen molar-refractivity contribution in [2.75, 3.05) is 4.90 Å². The van der Waals surface area contributed by atoms with Gasteiger partial charge >= 0.3 is 0 Å². The van der Waals surface area contributed by atoms with E-state index in [1.807, 2.05) is 0 Å². The second-order valence-electron chi connectivity index (χ2n) is 16.3. The summed E-state index contributed by atoms with van der Waals surface area (Å²) in [6.07, 6.45) is 0. The van der Waals surface area contributed by atoms with Gasteiger partial charge in [0.05, 0.1) is 5.41 Å². The number of rotatable bonds is 6. The van der Waals surface area contributed by atoms with Gasteiger partial charge in [-0.15, -0.1) is 0 Å². The van der Waals surface area contributed by atoms with Gasteiger partial charge in [-0.2, -0.15) is 0 Å². The summed E-state index contributed by atoms with van der Waals surface area (Å²) in [6.45, 7) is 0. The van der Waals surface area contributed by atoms with Gasteiger partial charge in [0.25, 0.3) is 0 Å². The van der Waals surface area contributed by atoms with Crippen molar-refractivity contribution in [3.63, 3.8) is 0 Å². The first kappa shape index (κ1) is 36.2. The molecule has 0 radical (unpaired) electrons. The normalized spacial score (nSPS) is 13.9. The lowest BCUT2D eigenvalue weighted by atomic mass is 9.63. The van der Waals surface area contributed by atoms with Crippen LogP contribution < -0.4 is 30.4 Å². The summed E-state index contributed by atoms with van der Waals surface area (Å²) in [6, 6.07) is 91.6. The van der Waals surface area contributed by atoms with Crippen molar-refractivity contribution in [2.45, 2.75) is 5.41 Å². The second kappa shape index (κ2) is 14.5. The minimum atomic E-state index is -2.87. The van der Waals surface area contributed by atoms with Crippen molar-refractivity contribution < 1.29 is 4.74 Å². The zero-order valence-corrected chi connectivity index (χ0v) is 35.0. The molecular formula is C59H41NOSi. The van der Waals surface area contributed by atoms with Crippen molar-refractivity contribution in [3.8, 4) is 22.6 Å². The van der Waals surface area contributed by atoms with Crippen LogP contribution in [0.25, 0.3) is 21.9 Å². The Labute approximate surface area is 363 Å². The Balaban J connectivity index is 1.12. The molecule has 2 aliphatic rings. The molecule has 292 valence electrons. The van der Waals surface area contributed by atoms with E-state index in [9.17, 15) is 0 Å². The van der Waals surface area contributed by atoms with Crippen LogP contribution in [0.5, 0.6) is 11.5 Å². The zero-order valence-electron chi connectivity index (χ0n) is 34.0. The lowest BCUT2D eigenvalue weighted by Gasteiger charge is -2.51. The van der Waals surface area contributed by atoms with E-state index in [1.54, 1.807) is 0 Å². The molecule has 62 heavy (non-hydrogen) atoms. The molecule has 12 rings (SSSR count). The maximum Gasteiger partial charge on any atom is 0.180 e. The van der Waals surface area contributed by atoms with Gasteiger partial charge in [0.2, 0.25) is 0 Å². The van der Waals surface area contributed by atoms with Gasteiger partial charge in [-0.25, -0.2) is 0 Å². The quantitative estimate of drug-likeness (QED) is 0.155. The summed E-state index contributed by atoms with van der Waals surface area (Å²) in [5.41, 5.74) is 9.84. The number of benzene rings is 10. The number of nitrogens with zero attached hydrogens (tertiary/aromatic N) is 1. The fourth-order valence-electron chi connectivity index (χ4n) is 10.8. The van der Waals surface area contributed by atoms with Gasteiger partial charge in [-0.1, -0.05) is 200 Å². The third-order valence-electron chi connectivity index (χ3n) is 13.3. The van der Waals surface area contributed by atoms with Crippen LogP contribution >= 0.6 is 0 Å². The Morgan fingerprint density at radius 2 is 0.855 bits per heavy atom. The molecule has 2 aliphatic heterocycles. The lowest BCUT2D eigenvalue weighted by molar-refractivity contribution is 0.435. The van der Waals surface area contributed by atoms with Gasteiger partial charge < -0.3 is 9.64 Å². The van der Waals surface area contributed by atoms with Crippen molar-refractivity contribution in [3.05, 3.63) is 271 Å². The summed E-state index contributed by atoms with van der Waals surface area (Å²) < 4.78 is 7.00. The SMILES string of the molecule is c1ccc(N(c2ccc(-c3cccc4ccccc34)cc2)c2ccc3c(c2)C2(c4ccccc4O3)c3ccccc3[Si](c3ccccc3)(c3ccccc3)c3ccccc32)cc1. The van der Waals surface area contributed by atoms with Crippen LogP contribution in [0.3, 0.4) is 0 Å². The van der Waals surface area contributed by atoms with E-state index in [4.69, 9.17) is 4.74 Å². The van der Waals surface area contributed by atoms with Crippen LogP contribution in [0.2, 0.25) is 0 Å². The molecule has 10 aromatic rings. The van der Waals surface area contributed by atoms with Crippen LogP contribution in [0.15, 0.2) is 249 Å². The Hall–Kier alpha value is -7.72. The fraction of sp³-hybridized carbons (Fsp3) is 0.0169. The molecule has 3 heteroatoms. The van der Waals surface area contributed by atoms with Gasteiger partial charge in [0.1, 0.15) is 11.5 Å². The van der Waals surface area contributed by atoms with E-state index in [0.29, 0.717) is 0 Å². The largest absolute Gasteiger partial charge is 0.457 e. The molecule has 0 atom stereocenters. The molecule has 0 bridgehead atoms. The van der Waals surface area contributed by atoms with Crippen LogP contribution in [0.1, 0.15) is 22.3 Å². The molecule has 1 spiro atoms. The Bertz CT molecular complexity index is 3180. The average molecular weight is 808 g/mol. The highest BCUT2D eigenvalue weighted by Gasteiger charge is 2.57. The van der Waals surface area contributed by atoms with E-state index in [0.717, 1.165) is 39.7 Å². The molecule has 0 fully saturated rings. The summed E-state index contributed by atoms with van der Waals surface area (Å²) in [4.78, 5) is 2.38. The predicted molar refractivity (Wildman–Crippen MR) is 260 cm³/mol. The first-order chi connectivity index (χ1) is 30.8. The van der Waals surface area contributed by atoms with Gasteiger partial charge in [-0.05, 0) is 102 Å². The number of hydrogen-bond donors (Lipinski definition) is 0. The Kier molecular flexibility index (Phi) is 8.44. The maximum atomic E-state index is 7.00. The summed E-state index contributed by atoms with van der Waals surface area (Å²) in [7, 11) is -2.87. The van der Waals surface area contributed by atoms with E-state index >= 15 is 0 Å². The third kappa shape index (κ3) is 5.28. The average Bonchev–Trinajstić information content (AvgIpc) is 3.35. The van der Waals surface area contributed by atoms with Crippen molar-refractivity contribution in [1.29, 1.82) is 0 Å². The third-order valence-corrected chi connectivity index (χ3v) is 18.1. The number of para-hydroxylation sites is 2. The van der Waals surface area contributed by atoms with Crippen LogP contribution in [0, 0.1) is 0 Å². The molecule has 10 aromatic carbocycles. The smallest absolute Gasteiger partial charge is 0.180 e. The summed E-state index contributed by atoms with van der Waals surface area (Å²) in [5, 5.41) is 8.03. The van der Waals surface area contributed by atoms with Gasteiger partial charge in [-0.3, -0.25) is 0 Å². The van der Waals surface area contributed by atoms with Crippen LogP contribution in [-0.4, -0.2) is 8.07 Å².